The van der Waals surface area contributed by atoms with Crippen LogP contribution in [0.3, 0.4) is 0 Å². The van der Waals surface area contributed by atoms with Crippen LogP contribution in [-0.4, -0.2) is 41.2 Å². The molecule has 1 fully saturated rings. The number of hydrogen-bond acceptors (Lipinski definition) is 3. The third-order valence-corrected chi connectivity index (χ3v) is 3.04. The van der Waals surface area contributed by atoms with Crippen molar-refractivity contribution in [1.82, 2.24) is 4.90 Å². The minimum atomic E-state index is 0.0851. The Morgan fingerprint density at radius 3 is 2.67 bits per heavy atom. The molecule has 18 heavy (non-hydrogen) atoms. The normalized spacial score (nSPS) is 24.0. The number of ether oxygens (including phenoxy) is 1. The van der Waals surface area contributed by atoms with E-state index in [0.29, 0.717) is 19.5 Å². The second kappa shape index (κ2) is 5.40. The Morgan fingerprint density at radius 2 is 2.06 bits per heavy atom. The number of hydrogen-bond donors (Lipinski definition) is 1. The van der Waals surface area contributed by atoms with Crippen LogP contribution in [0.25, 0.3) is 0 Å². The van der Waals surface area contributed by atoms with Crippen molar-refractivity contribution in [2.24, 2.45) is 0 Å². The molecule has 4 nitrogen and oxygen atoms in total. The van der Waals surface area contributed by atoms with Gasteiger partial charge in [0.1, 0.15) is 5.75 Å². The van der Waals surface area contributed by atoms with Crippen LogP contribution in [0.5, 0.6) is 5.75 Å². The maximum Gasteiger partial charge on any atom is 0.227 e. The van der Waals surface area contributed by atoms with Gasteiger partial charge in [0, 0.05) is 13.1 Å². The minimum absolute atomic E-state index is 0.0851. The maximum atomic E-state index is 12.2. The highest BCUT2D eigenvalue weighted by molar-refractivity contribution is 5.79. The quantitative estimate of drug-likeness (QED) is 0.865. The highest BCUT2D eigenvalue weighted by atomic mass is 16.5. The number of aromatic hydroxyl groups is 1. The van der Waals surface area contributed by atoms with Crippen LogP contribution in [0.1, 0.15) is 19.4 Å². The summed E-state index contributed by atoms with van der Waals surface area (Å²) in [5.41, 5.74) is 0.840. The van der Waals surface area contributed by atoms with Gasteiger partial charge >= 0.3 is 0 Å². The molecule has 0 aliphatic carbocycles. The lowest BCUT2D eigenvalue weighted by Gasteiger charge is -2.35. The van der Waals surface area contributed by atoms with Crippen LogP contribution >= 0.6 is 0 Å². The molecule has 0 saturated carbocycles. The highest BCUT2D eigenvalue weighted by Crippen LogP contribution is 2.15. The minimum Gasteiger partial charge on any atom is -0.508 e. The number of phenolic OH excluding ortho intramolecular Hbond substituents is 1. The summed E-state index contributed by atoms with van der Waals surface area (Å²) in [6.45, 7) is 5.23. The summed E-state index contributed by atoms with van der Waals surface area (Å²) in [7, 11) is 0. The standard InChI is InChI=1S/C14H19NO3/c1-10-8-15(9-11(2)18-10)14(17)7-12-4-3-5-13(16)6-12/h3-6,10-11,16H,7-9H2,1-2H3/t10-,11+. The Morgan fingerprint density at radius 1 is 1.39 bits per heavy atom. The van der Waals surface area contributed by atoms with Gasteiger partial charge in [-0.2, -0.15) is 0 Å². The van der Waals surface area contributed by atoms with Crippen LogP contribution in [0.4, 0.5) is 0 Å². The SMILES string of the molecule is C[C@@H]1CN(C(=O)Cc2cccc(O)c2)C[C@H](C)O1. The van der Waals surface area contributed by atoms with E-state index in [-0.39, 0.29) is 23.9 Å². The third kappa shape index (κ3) is 3.23. The molecule has 1 saturated heterocycles. The fourth-order valence-electron chi connectivity index (χ4n) is 2.33. The number of rotatable bonds is 2. The van der Waals surface area contributed by atoms with E-state index in [1.54, 1.807) is 18.2 Å². The van der Waals surface area contributed by atoms with Gasteiger partial charge in [0.15, 0.2) is 0 Å². The van der Waals surface area contributed by atoms with Crippen LogP contribution in [0.2, 0.25) is 0 Å². The lowest BCUT2D eigenvalue weighted by atomic mass is 10.1. The van der Waals surface area contributed by atoms with E-state index in [4.69, 9.17) is 4.74 Å². The van der Waals surface area contributed by atoms with Crippen molar-refractivity contribution in [1.29, 1.82) is 0 Å². The molecule has 1 aliphatic heterocycles. The molecule has 2 rings (SSSR count). The summed E-state index contributed by atoms with van der Waals surface area (Å²) in [6, 6.07) is 6.84. The average Bonchev–Trinajstić information content (AvgIpc) is 2.27. The molecule has 4 heteroatoms. The van der Waals surface area contributed by atoms with E-state index >= 15 is 0 Å². The fourth-order valence-corrected chi connectivity index (χ4v) is 2.33. The van der Waals surface area contributed by atoms with Crippen LogP contribution < -0.4 is 0 Å². The molecule has 1 amide bonds. The Balaban J connectivity index is 1.99. The zero-order valence-electron chi connectivity index (χ0n) is 10.8. The number of nitrogens with zero attached hydrogens (tertiary/aromatic N) is 1. The van der Waals surface area contributed by atoms with Gasteiger partial charge in [0.05, 0.1) is 18.6 Å². The van der Waals surface area contributed by atoms with E-state index in [9.17, 15) is 9.90 Å². The van der Waals surface area contributed by atoms with Gasteiger partial charge in [0.2, 0.25) is 5.91 Å². The number of benzene rings is 1. The Labute approximate surface area is 107 Å². The number of carbonyl (C=O) groups is 1. The lowest BCUT2D eigenvalue weighted by molar-refractivity contribution is -0.142. The molecule has 1 N–H and O–H groups in total. The first kappa shape index (κ1) is 12.9. The van der Waals surface area contributed by atoms with E-state index < -0.39 is 0 Å². The number of amides is 1. The molecule has 0 aromatic heterocycles. The van der Waals surface area contributed by atoms with Crippen molar-refractivity contribution >= 4 is 5.91 Å². The predicted molar refractivity (Wildman–Crippen MR) is 68.4 cm³/mol. The molecule has 1 aromatic rings. The molecular formula is C14H19NO3. The Kier molecular flexibility index (Phi) is 3.87. The number of morpholine rings is 1. The largest absolute Gasteiger partial charge is 0.508 e. The van der Waals surface area contributed by atoms with Crippen molar-refractivity contribution in [3.05, 3.63) is 29.8 Å². The molecule has 0 bridgehead atoms. The summed E-state index contributed by atoms with van der Waals surface area (Å²) in [5.74, 6) is 0.284. The maximum absolute atomic E-state index is 12.2. The van der Waals surface area contributed by atoms with Crippen molar-refractivity contribution < 1.29 is 14.6 Å². The third-order valence-electron chi connectivity index (χ3n) is 3.04. The first-order chi connectivity index (χ1) is 8.54. The summed E-state index contributed by atoms with van der Waals surface area (Å²) in [4.78, 5) is 14.0. The first-order valence-electron chi connectivity index (χ1n) is 6.25. The fraction of sp³-hybridized carbons (Fsp3) is 0.500. The smallest absolute Gasteiger partial charge is 0.227 e. The molecule has 0 spiro atoms. The lowest BCUT2D eigenvalue weighted by Crippen LogP contribution is -2.48. The van der Waals surface area contributed by atoms with Gasteiger partial charge in [-0.25, -0.2) is 0 Å². The van der Waals surface area contributed by atoms with Gasteiger partial charge in [-0.15, -0.1) is 0 Å². The second-order valence-corrected chi connectivity index (χ2v) is 4.90. The molecule has 2 atom stereocenters. The van der Waals surface area contributed by atoms with Gasteiger partial charge in [0.25, 0.3) is 0 Å². The second-order valence-electron chi connectivity index (χ2n) is 4.90. The molecule has 98 valence electrons. The molecule has 1 aliphatic rings. The molecule has 1 heterocycles. The Bertz CT molecular complexity index is 423. The number of carbonyl (C=O) groups excluding carboxylic acids is 1. The van der Waals surface area contributed by atoms with E-state index in [1.165, 1.54) is 0 Å². The molecule has 0 radical (unpaired) electrons. The topological polar surface area (TPSA) is 49.8 Å². The predicted octanol–water partition coefficient (Wildman–Crippen LogP) is 1.57. The summed E-state index contributed by atoms with van der Waals surface area (Å²) in [6.07, 6.45) is 0.497. The molecule has 0 unspecified atom stereocenters. The zero-order valence-corrected chi connectivity index (χ0v) is 10.8. The summed E-state index contributed by atoms with van der Waals surface area (Å²) in [5, 5.41) is 9.38. The van der Waals surface area contributed by atoms with E-state index in [0.717, 1.165) is 5.56 Å². The van der Waals surface area contributed by atoms with Crippen LogP contribution in [0, 0.1) is 0 Å². The van der Waals surface area contributed by atoms with Crippen molar-refractivity contribution in [2.75, 3.05) is 13.1 Å². The van der Waals surface area contributed by atoms with Crippen molar-refractivity contribution in [3.63, 3.8) is 0 Å². The van der Waals surface area contributed by atoms with Gasteiger partial charge in [-0.3, -0.25) is 4.79 Å². The molecule has 1 aromatic carbocycles. The monoisotopic (exact) mass is 249 g/mol. The van der Waals surface area contributed by atoms with E-state index in [2.05, 4.69) is 0 Å². The van der Waals surface area contributed by atoms with Crippen molar-refractivity contribution in [2.45, 2.75) is 32.5 Å². The van der Waals surface area contributed by atoms with Crippen LogP contribution in [-0.2, 0) is 16.0 Å². The molecular weight excluding hydrogens is 230 g/mol. The van der Waals surface area contributed by atoms with Gasteiger partial charge < -0.3 is 14.7 Å². The average molecular weight is 249 g/mol. The highest BCUT2D eigenvalue weighted by Gasteiger charge is 2.25. The first-order valence-corrected chi connectivity index (χ1v) is 6.25. The van der Waals surface area contributed by atoms with E-state index in [1.807, 2.05) is 24.8 Å². The summed E-state index contributed by atoms with van der Waals surface area (Å²) >= 11 is 0. The Hall–Kier alpha value is -1.55. The zero-order chi connectivity index (χ0) is 13.1. The van der Waals surface area contributed by atoms with Crippen molar-refractivity contribution in [3.8, 4) is 5.75 Å². The number of phenols is 1. The van der Waals surface area contributed by atoms with Gasteiger partial charge in [-0.1, -0.05) is 12.1 Å². The summed E-state index contributed by atoms with van der Waals surface area (Å²) < 4.78 is 5.60. The van der Waals surface area contributed by atoms with Gasteiger partial charge in [-0.05, 0) is 31.5 Å². The van der Waals surface area contributed by atoms with Crippen LogP contribution in [0.15, 0.2) is 24.3 Å².